The monoisotopic (exact) mass is 445 g/mol. The number of pyridine rings is 1. The molecule has 162 valence electrons. The highest BCUT2D eigenvalue weighted by molar-refractivity contribution is 6.33. The fourth-order valence-electron chi connectivity index (χ4n) is 2.67. The fraction of sp³-hybridized carbons (Fsp3) is 0.350. The van der Waals surface area contributed by atoms with E-state index in [-0.39, 0.29) is 59.2 Å². The van der Waals surface area contributed by atoms with Gasteiger partial charge in [0.15, 0.2) is 23.4 Å². The van der Waals surface area contributed by atoms with E-state index in [0.29, 0.717) is 6.20 Å². The summed E-state index contributed by atoms with van der Waals surface area (Å²) in [7, 11) is 0. The van der Waals surface area contributed by atoms with Gasteiger partial charge in [-0.15, -0.1) is 0 Å². The molecule has 0 amide bonds. The van der Waals surface area contributed by atoms with E-state index in [9.17, 15) is 27.9 Å². The number of alkyl halides is 3. The number of rotatable bonds is 9. The normalized spacial score (nSPS) is 12.4. The Labute approximate surface area is 175 Å². The number of phenols is 1. The molecule has 0 aliphatic carbocycles. The molecule has 2 rings (SSSR count). The Hall–Kier alpha value is -2.81. The van der Waals surface area contributed by atoms with E-state index < -0.39 is 23.8 Å². The number of ketones is 1. The molecule has 1 aromatic heterocycles. The van der Waals surface area contributed by atoms with Crippen molar-refractivity contribution < 1.29 is 37.7 Å². The standard InChI is InChI=1S/C20H19ClF3NO5/c1-2-14(26)16(4-3-5-18(28)29)30-17-7-6-11(8-15(17)27)19-13(21)9-12(10-25-19)20(22,23)24/h6-10,16,27H,2-5H2,1H3,(H,28,29). The van der Waals surface area contributed by atoms with Crippen molar-refractivity contribution in [2.24, 2.45) is 0 Å². The minimum Gasteiger partial charge on any atom is -0.504 e. The topological polar surface area (TPSA) is 96.7 Å². The van der Waals surface area contributed by atoms with Crippen LogP contribution in [-0.2, 0) is 15.8 Å². The third kappa shape index (κ3) is 6.09. The largest absolute Gasteiger partial charge is 0.504 e. The molecule has 1 atom stereocenters. The number of Topliss-reactive ketones (excluding diaryl/α,β-unsaturated/α-hetero) is 1. The lowest BCUT2D eigenvalue weighted by Gasteiger charge is -2.18. The SMILES string of the molecule is CCC(=O)C(CCCC(=O)O)Oc1ccc(-c2ncc(C(F)(F)F)cc2Cl)cc1O. The van der Waals surface area contributed by atoms with Crippen molar-refractivity contribution in [2.75, 3.05) is 0 Å². The van der Waals surface area contributed by atoms with Gasteiger partial charge in [-0.1, -0.05) is 18.5 Å². The summed E-state index contributed by atoms with van der Waals surface area (Å²) in [5.74, 6) is -1.64. The van der Waals surface area contributed by atoms with Gasteiger partial charge in [0, 0.05) is 24.6 Å². The number of carbonyl (C=O) groups excluding carboxylic acids is 1. The van der Waals surface area contributed by atoms with Crippen molar-refractivity contribution in [3.63, 3.8) is 0 Å². The van der Waals surface area contributed by atoms with Gasteiger partial charge in [-0.3, -0.25) is 14.6 Å². The first-order valence-corrected chi connectivity index (χ1v) is 9.38. The zero-order valence-corrected chi connectivity index (χ0v) is 16.6. The number of halogens is 4. The highest BCUT2D eigenvalue weighted by Gasteiger charge is 2.31. The van der Waals surface area contributed by atoms with Crippen LogP contribution >= 0.6 is 11.6 Å². The number of carboxylic acid groups (broad SMARTS) is 1. The molecule has 1 unspecified atom stereocenters. The van der Waals surface area contributed by atoms with E-state index in [4.69, 9.17) is 21.4 Å². The molecule has 10 heteroatoms. The summed E-state index contributed by atoms with van der Waals surface area (Å²) in [6, 6.07) is 4.72. The van der Waals surface area contributed by atoms with Crippen LogP contribution in [0.1, 0.15) is 38.2 Å². The maximum absolute atomic E-state index is 12.8. The maximum Gasteiger partial charge on any atom is 0.417 e. The van der Waals surface area contributed by atoms with E-state index in [1.165, 1.54) is 18.2 Å². The second-order valence-electron chi connectivity index (χ2n) is 6.45. The van der Waals surface area contributed by atoms with Gasteiger partial charge in [0.05, 0.1) is 16.3 Å². The third-order valence-corrected chi connectivity index (χ3v) is 4.52. The maximum atomic E-state index is 12.8. The van der Waals surface area contributed by atoms with Crippen LogP contribution in [0, 0.1) is 0 Å². The number of carbonyl (C=O) groups is 2. The summed E-state index contributed by atoms with van der Waals surface area (Å²) in [6.45, 7) is 1.64. The number of aromatic hydroxyl groups is 1. The number of hydrogen-bond acceptors (Lipinski definition) is 5. The summed E-state index contributed by atoms with van der Waals surface area (Å²) in [4.78, 5) is 26.5. The number of hydrogen-bond donors (Lipinski definition) is 2. The summed E-state index contributed by atoms with van der Waals surface area (Å²) in [5.41, 5.74) is -0.709. The average molecular weight is 446 g/mol. The molecule has 0 bridgehead atoms. The first-order chi connectivity index (χ1) is 14.0. The molecule has 0 fully saturated rings. The highest BCUT2D eigenvalue weighted by atomic mass is 35.5. The number of carboxylic acids is 1. The van der Waals surface area contributed by atoms with Crippen molar-refractivity contribution in [1.29, 1.82) is 0 Å². The number of aliphatic carboxylic acids is 1. The quantitative estimate of drug-likeness (QED) is 0.557. The first-order valence-electron chi connectivity index (χ1n) is 9.00. The zero-order chi connectivity index (χ0) is 22.5. The van der Waals surface area contributed by atoms with Crippen molar-refractivity contribution in [2.45, 2.75) is 44.9 Å². The molecule has 1 aromatic carbocycles. The fourth-order valence-corrected chi connectivity index (χ4v) is 2.95. The molecule has 0 spiro atoms. The highest BCUT2D eigenvalue weighted by Crippen LogP contribution is 2.37. The molecule has 0 saturated heterocycles. The van der Waals surface area contributed by atoms with Crippen LogP contribution in [0.2, 0.25) is 5.02 Å². The van der Waals surface area contributed by atoms with Gasteiger partial charge < -0.3 is 14.9 Å². The van der Waals surface area contributed by atoms with Gasteiger partial charge in [-0.25, -0.2) is 0 Å². The molecule has 0 aliphatic heterocycles. The van der Waals surface area contributed by atoms with Gasteiger partial charge >= 0.3 is 12.1 Å². The van der Waals surface area contributed by atoms with Crippen LogP contribution in [0.5, 0.6) is 11.5 Å². The smallest absolute Gasteiger partial charge is 0.417 e. The first kappa shape index (κ1) is 23.5. The van der Waals surface area contributed by atoms with Gasteiger partial charge in [0.2, 0.25) is 0 Å². The van der Waals surface area contributed by atoms with Crippen LogP contribution in [-0.4, -0.2) is 33.1 Å². The minimum absolute atomic E-state index is 0.0242. The molecular formula is C20H19ClF3NO5. The summed E-state index contributed by atoms with van der Waals surface area (Å²) < 4.78 is 43.8. The second-order valence-corrected chi connectivity index (χ2v) is 6.85. The van der Waals surface area contributed by atoms with Crippen molar-refractivity contribution in [1.82, 2.24) is 4.98 Å². The lowest BCUT2D eigenvalue weighted by molar-refractivity contribution is -0.138. The van der Waals surface area contributed by atoms with E-state index in [1.807, 2.05) is 0 Å². The van der Waals surface area contributed by atoms with Crippen LogP contribution in [0.4, 0.5) is 13.2 Å². The number of phenolic OH excluding ortho intramolecular Hbond substituents is 1. The molecule has 2 aromatic rings. The lowest BCUT2D eigenvalue weighted by atomic mass is 10.1. The van der Waals surface area contributed by atoms with E-state index in [0.717, 1.165) is 6.07 Å². The van der Waals surface area contributed by atoms with E-state index in [2.05, 4.69) is 4.98 Å². The summed E-state index contributed by atoms with van der Waals surface area (Å²) in [6.07, 6.45) is -4.46. The van der Waals surface area contributed by atoms with E-state index in [1.54, 1.807) is 6.92 Å². The van der Waals surface area contributed by atoms with Crippen molar-refractivity contribution >= 4 is 23.4 Å². The lowest BCUT2D eigenvalue weighted by Crippen LogP contribution is -2.27. The summed E-state index contributed by atoms with van der Waals surface area (Å²) >= 11 is 5.92. The molecule has 30 heavy (non-hydrogen) atoms. The minimum atomic E-state index is -4.59. The van der Waals surface area contributed by atoms with Crippen LogP contribution < -0.4 is 4.74 Å². The van der Waals surface area contributed by atoms with Gasteiger partial charge in [0.25, 0.3) is 0 Å². The van der Waals surface area contributed by atoms with Crippen molar-refractivity contribution in [3.8, 4) is 22.8 Å². The summed E-state index contributed by atoms with van der Waals surface area (Å²) in [5, 5.41) is 18.8. The Bertz CT molecular complexity index is 933. The predicted molar refractivity (Wildman–Crippen MR) is 103 cm³/mol. The zero-order valence-electron chi connectivity index (χ0n) is 15.9. The average Bonchev–Trinajstić information content (AvgIpc) is 2.66. The Balaban J connectivity index is 2.23. The molecular weight excluding hydrogens is 427 g/mol. The number of aromatic nitrogens is 1. The molecule has 2 N–H and O–H groups in total. The number of nitrogens with zero attached hydrogens (tertiary/aromatic N) is 1. The molecule has 0 aliphatic rings. The van der Waals surface area contributed by atoms with Crippen LogP contribution in [0.3, 0.4) is 0 Å². The van der Waals surface area contributed by atoms with Gasteiger partial charge in [-0.2, -0.15) is 13.2 Å². The van der Waals surface area contributed by atoms with Crippen molar-refractivity contribution in [3.05, 3.63) is 41.0 Å². The van der Waals surface area contributed by atoms with E-state index >= 15 is 0 Å². The third-order valence-electron chi connectivity index (χ3n) is 4.23. The van der Waals surface area contributed by atoms with Gasteiger partial charge in [0.1, 0.15) is 0 Å². The Morgan fingerprint density at radius 1 is 1.27 bits per heavy atom. The van der Waals surface area contributed by atoms with Gasteiger partial charge in [-0.05, 0) is 37.1 Å². The predicted octanol–water partition coefficient (Wildman–Crippen LogP) is 5.11. The Morgan fingerprint density at radius 3 is 2.50 bits per heavy atom. The number of ether oxygens (including phenoxy) is 1. The second kappa shape index (κ2) is 9.80. The van der Waals surface area contributed by atoms with Crippen LogP contribution in [0.25, 0.3) is 11.3 Å². The molecule has 0 radical (unpaired) electrons. The van der Waals surface area contributed by atoms with Crippen LogP contribution in [0.15, 0.2) is 30.5 Å². The number of benzene rings is 1. The molecule has 6 nitrogen and oxygen atoms in total. The molecule has 1 heterocycles. The molecule has 0 saturated carbocycles. The Kier molecular flexibility index (Phi) is 7.66. The Morgan fingerprint density at radius 2 is 1.97 bits per heavy atom.